The van der Waals surface area contributed by atoms with Crippen LogP contribution in [-0.4, -0.2) is 29.0 Å². The van der Waals surface area contributed by atoms with E-state index in [4.69, 9.17) is 21.3 Å². The van der Waals surface area contributed by atoms with Crippen molar-refractivity contribution in [2.24, 2.45) is 5.14 Å². The molecule has 0 saturated heterocycles. The molecule has 3 N–H and O–H groups in total. The Bertz CT molecular complexity index is 1440. The van der Waals surface area contributed by atoms with Crippen molar-refractivity contribution in [2.45, 2.75) is 11.4 Å². The molecule has 4 rings (SSSR count). The van der Waals surface area contributed by atoms with Crippen LogP contribution in [0, 0.1) is 0 Å². The van der Waals surface area contributed by atoms with Crippen molar-refractivity contribution in [2.75, 3.05) is 5.32 Å². The summed E-state index contributed by atoms with van der Waals surface area (Å²) in [5, 5.41) is 12.2. The van der Waals surface area contributed by atoms with Gasteiger partial charge in [-0.25, -0.2) is 18.5 Å². The first-order chi connectivity index (χ1) is 14.7. The molecule has 0 saturated carbocycles. The summed E-state index contributed by atoms with van der Waals surface area (Å²) in [4.78, 5) is 29.3. The van der Waals surface area contributed by atoms with Crippen molar-refractivity contribution in [3.05, 3.63) is 70.2 Å². The number of nitrogens with one attached hydrogen (secondary N) is 1. The molecule has 31 heavy (non-hydrogen) atoms. The molecule has 2 aromatic carbocycles. The van der Waals surface area contributed by atoms with Crippen LogP contribution in [0.25, 0.3) is 22.4 Å². The van der Waals surface area contributed by atoms with E-state index in [1.54, 1.807) is 24.3 Å². The van der Waals surface area contributed by atoms with E-state index in [-0.39, 0.29) is 28.2 Å². The molecular weight excluding hydrogens is 446 g/mol. The first-order valence-corrected chi connectivity index (χ1v) is 10.7. The Morgan fingerprint density at radius 1 is 1.13 bits per heavy atom. The number of hydrogen-bond donors (Lipinski definition) is 2. The Hall–Kier alpha value is -3.54. The van der Waals surface area contributed by atoms with Crippen LogP contribution in [0.15, 0.2) is 69.1 Å². The highest BCUT2D eigenvalue weighted by molar-refractivity contribution is 7.89. The second kappa shape index (κ2) is 7.95. The molecule has 158 valence electrons. The van der Waals surface area contributed by atoms with Crippen molar-refractivity contribution in [1.29, 1.82) is 0 Å². The number of hydrogen-bond acceptors (Lipinski definition) is 7. The van der Waals surface area contributed by atoms with Crippen LogP contribution in [0.5, 0.6) is 0 Å². The van der Waals surface area contributed by atoms with E-state index in [1.807, 2.05) is 0 Å². The third kappa shape index (κ3) is 4.33. The monoisotopic (exact) mass is 459 g/mol. The highest BCUT2D eigenvalue weighted by atomic mass is 35.5. The smallest absolute Gasteiger partial charge is 0.267 e. The lowest BCUT2D eigenvalue weighted by molar-refractivity contribution is -0.116. The molecule has 12 heteroatoms. The van der Waals surface area contributed by atoms with E-state index < -0.39 is 21.5 Å². The number of aromatic nitrogens is 3. The molecule has 0 aliphatic rings. The predicted octanol–water partition coefficient (Wildman–Crippen LogP) is 1.99. The normalized spacial score (nSPS) is 11.5. The first-order valence-electron chi connectivity index (χ1n) is 8.76. The maximum atomic E-state index is 12.9. The van der Waals surface area contributed by atoms with Gasteiger partial charge in [0.2, 0.25) is 15.9 Å². The second-order valence-corrected chi connectivity index (χ2v) is 8.51. The topological polar surface area (TPSA) is 150 Å². The number of rotatable bonds is 5. The molecule has 0 spiro atoms. The van der Waals surface area contributed by atoms with Crippen LogP contribution < -0.4 is 16.0 Å². The molecule has 1 amide bonds. The van der Waals surface area contributed by atoms with Crippen molar-refractivity contribution >= 4 is 44.3 Å². The van der Waals surface area contributed by atoms with Crippen LogP contribution in [0.4, 0.5) is 5.69 Å². The number of nitrogens with zero attached hydrogens (tertiary/aromatic N) is 3. The van der Waals surface area contributed by atoms with E-state index in [0.29, 0.717) is 16.3 Å². The van der Waals surface area contributed by atoms with Crippen LogP contribution in [0.3, 0.4) is 0 Å². The Labute approximate surface area is 180 Å². The summed E-state index contributed by atoms with van der Waals surface area (Å²) in [5.41, 5.74) is 0.782. The lowest BCUT2D eigenvalue weighted by Crippen LogP contribution is -2.27. The molecule has 0 radical (unpaired) electrons. The number of amides is 1. The first kappa shape index (κ1) is 20.7. The third-order valence-corrected chi connectivity index (χ3v) is 5.54. The molecule has 0 fully saturated rings. The second-order valence-electron chi connectivity index (χ2n) is 6.51. The van der Waals surface area contributed by atoms with Gasteiger partial charge < -0.3 is 9.84 Å². The Morgan fingerprint density at radius 2 is 1.81 bits per heavy atom. The summed E-state index contributed by atoms with van der Waals surface area (Å²) in [6.07, 6.45) is 1.19. The lowest BCUT2D eigenvalue weighted by atomic mass is 10.1. The Kier molecular flexibility index (Phi) is 5.31. The fraction of sp³-hybridized carbons (Fsp3) is 0.0526. The fourth-order valence-electron chi connectivity index (χ4n) is 2.88. The average Bonchev–Trinajstić information content (AvgIpc) is 3.15. The van der Waals surface area contributed by atoms with Gasteiger partial charge in [-0.15, -0.1) is 0 Å². The Morgan fingerprint density at radius 3 is 2.45 bits per heavy atom. The van der Waals surface area contributed by atoms with Crippen LogP contribution in [0.2, 0.25) is 5.02 Å². The minimum absolute atomic E-state index is 0.0465. The minimum atomic E-state index is -3.84. The molecule has 0 bridgehead atoms. The zero-order chi connectivity index (χ0) is 22.2. The molecule has 0 aliphatic carbocycles. The Balaban J connectivity index is 1.59. The lowest BCUT2D eigenvalue weighted by Gasteiger charge is -2.08. The number of carbonyl (C=O) groups excluding carboxylic acids is 1. The van der Waals surface area contributed by atoms with Crippen LogP contribution in [-0.2, 0) is 21.4 Å². The molecule has 0 aliphatic heterocycles. The highest BCUT2D eigenvalue weighted by Gasteiger charge is 2.18. The van der Waals surface area contributed by atoms with Crippen molar-refractivity contribution in [1.82, 2.24) is 14.7 Å². The third-order valence-electron chi connectivity index (χ3n) is 4.36. The zero-order valence-corrected chi connectivity index (χ0v) is 17.2. The van der Waals surface area contributed by atoms with Gasteiger partial charge in [-0.1, -0.05) is 28.9 Å². The number of benzene rings is 2. The number of halogens is 1. The molecule has 2 aromatic heterocycles. The number of carbonyl (C=O) groups is 1. The maximum absolute atomic E-state index is 12.9. The van der Waals surface area contributed by atoms with Gasteiger partial charge in [0.25, 0.3) is 11.3 Å². The van der Waals surface area contributed by atoms with E-state index in [2.05, 4.69) is 15.5 Å². The summed E-state index contributed by atoms with van der Waals surface area (Å²) in [5.74, 6) is -0.517. The average molecular weight is 460 g/mol. The number of fused-ring (bicyclic) bond motifs is 1. The largest absolute Gasteiger partial charge is 0.335 e. The standard InChI is InChI=1S/C19H14ClN5O5S/c20-12-3-1-11(2-4-12)17-16-18(30-24-17)22-10-25(19(16)27)9-15(26)23-13-5-7-14(8-6-13)31(21,28)29/h1-8,10H,9H2,(H,23,26)(H2,21,28,29). The zero-order valence-electron chi connectivity index (χ0n) is 15.6. The van der Waals surface area contributed by atoms with Crippen molar-refractivity contribution in [3.8, 4) is 11.3 Å². The predicted molar refractivity (Wildman–Crippen MR) is 113 cm³/mol. The van der Waals surface area contributed by atoms with E-state index >= 15 is 0 Å². The summed E-state index contributed by atoms with van der Waals surface area (Å²) < 4.78 is 28.9. The van der Waals surface area contributed by atoms with Gasteiger partial charge in [0.05, 0.1) is 4.90 Å². The fourth-order valence-corrected chi connectivity index (χ4v) is 3.52. The molecule has 2 heterocycles. The van der Waals surface area contributed by atoms with Gasteiger partial charge >= 0.3 is 0 Å². The number of nitrogens with two attached hydrogens (primary N) is 1. The van der Waals surface area contributed by atoms with Gasteiger partial charge in [-0.05, 0) is 36.4 Å². The van der Waals surface area contributed by atoms with Crippen LogP contribution in [0.1, 0.15) is 0 Å². The van der Waals surface area contributed by atoms with Crippen molar-refractivity contribution < 1.29 is 17.7 Å². The summed E-state index contributed by atoms with van der Waals surface area (Å²) in [7, 11) is -3.84. The van der Waals surface area contributed by atoms with E-state index in [0.717, 1.165) is 4.57 Å². The molecule has 4 aromatic rings. The molecular formula is C19H14ClN5O5S. The summed E-state index contributed by atoms with van der Waals surface area (Å²) in [6.45, 7) is -0.329. The highest BCUT2D eigenvalue weighted by Crippen LogP contribution is 2.25. The molecule has 0 atom stereocenters. The number of primary sulfonamides is 1. The maximum Gasteiger partial charge on any atom is 0.267 e. The van der Waals surface area contributed by atoms with Gasteiger partial charge in [0.1, 0.15) is 24.0 Å². The minimum Gasteiger partial charge on any atom is -0.335 e. The van der Waals surface area contributed by atoms with Gasteiger partial charge in [-0.2, -0.15) is 0 Å². The van der Waals surface area contributed by atoms with Crippen molar-refractivity contribution in [3.63, 3.8) is 0 Å². The van der Waals surface area contributed by atoms with Gasteiger partial charge in [0, 0.05) is 16.3 Å². The van der Waals surface area contributed by atoms with E-state index in [1.165, 1.54) is 30.6 Å². The number of anilines is 1. The van der Waals surface area contributed by atoms with Crippen LogP contribution >= 0.6 is 11.6 Å². The summed E-state index contributed by atoms with van der Waals surface area (Å²) >= 11 is 5.90. The molecule has 10 nitrogen and oxygen atoms in total. The SMILES string of the molecule is NS(=O)(=O)c1ccc(NC(=O)Cn2cnc3onc(-c4ccc(Cl)cc4)c3c2=O)cc1. The quantitative estimate of drug-likeness (QED) is 0.463. The molecule has 0 unspecified atom stereocenters. The summed E-state index contributed by atoms with van der Waals surface area (Å²) in [6, 6.07) is 12.0. The van der Waals surface area contributed by atoms with Gasteiger partial charge in [-0.3, -0.25) is 14.2 Å². The number of sulfonamides is 1. The van der Waals surface area contributed by atoms with E-state index in [9.17, 15) is 18.0 Å². The van der Waals surface area contributed by atoms with Gasteiger partial charge in [0.15, 0.2) is 0 Å².